The summed E-state index contributed by atoms with van der Waals surface area (Å²) in [6.07, 6.45) is 0. The van der Waals surface area contributed by atoms with Crippen LogP contribution in [-0.4, -0.2) is 17.5 Å². The zero-order valence-electron chi connectivity index (χ0n) is 3.33. The van der Waals surface area contributed by atoms with Gasteiger partial charge < -0.3 is 14.6 Å². The van der Waals surface area contributed by atoms with Crippen LogP contribution < -0.4 is 0 Å². The smallest absolute Gasteiger partial charge is 0.759 e. The molecule has 0 amide bonds. The molecule has 0 aliphatic rings. The van der Waals surface area contributed by atoms with Gasteiger partial charge in [-0.3, -0.25) is 8.42 Å². The van der Waals surface area contributed by atoms with E-state index in [4.69, 9.17) is 17.5 Å². The maximum absolute atomic E-state index is 8.52. The predicted octanol–water partition coefficient (Wildman–Crippen LogP) is -2.26. The van der Waals surface area contributed by atoms with Crippen LogP contribution in [0.4, 0.5) is 0 Å². The summed E-state index contributed by atoms with van der Waals surface area (Å²) in [6.45, 7) is 0. The van der Waals surface area contributed by atoms with Crippen LogP contribution in [0.1, 0.15) is 0 Å². The average molecular weight is 316 g/mol. The van der Waals surface area contributed by atoms with Crippen molar-refractivity contribution in [3.63, 3.8) is 0 Å². The summed E-state index contributed by atoms with van der Waals surface area (Å²) in [7, 11) is -5.17. The van der Waals surface area contributed by atoms with E-state index in [1.165, 1.54) is 0 Å². The fraction of sp³-hybridized carbons (Fsp3) is 0. The summed E-state index contributed by atoms with van der Waals surface area (Å²) < 4.78 is 34.1. The second-order valence-corrected chi connectivity index (χ2v) is 1.22. The van der Waals surface area contributed by atoms with E-state index >= 15 is 0 Å². The Morgan fingerprint density at radius 2 is 1.14 bits per heavy atom. The predicted molar refractivity (Wildman–Crippen MR) is 15.3 cm³/mol. The van der Waals surface area contributed by atoms with Crippen molar-refractivity contribution < 1.29 is 50.7 Å². The number of hydrogen-bond acceptors (Lipinski definition) is 4. The topological polar surface area (TPSA) is 113 Å². The van der Waals surface area contributed by atoms with Gasteiger partial charge in [-0.2, -0.15) is 0 Å². The molecule has 40 valence electrons. The molecule has 0 atom stereocenters. The molecule has 0 aromatic heterocycles. The summed E-state index contributed by atoms with van der Waals surface area (Å²) in [5.41, 5.74) is 0. The van der Waals surface area contributed by atoms with Gasteiger partial charge in [0, 0.05) is 10.4 Å². The van der Waals surface area contributed by atoms with Crippen molar-refractivity contribution >= 4 is 10.4 Å². The first-order valence-electron chi connectivity index (χ1n) is 0.667. The molecule has 0 saturated heterocycles. The van der Waals surface area contributed by atoms with Crippen LogP contribution in [0.25, 0.3) is 0 Å². The normalized spacial score (nSPS) is 8.29. The van der Waals surface area contributed by atoms with Gasteiger partial charge in [0.25, 0.3) is 0 Å². The molecule has 3 N–H and O–H groups in total. The van der Waals surface area contributed by atoms with Gasteiger partial charge in [-0.15, -0.1) is 0 Å². The van der Waals surface area contributed by atoms with Crippen molar-refractivity contribution in [3.8, 4) is 0 Å². The SMILES string of the molecule is O=S(=O)([O-])[O-].[Hg+2].[OH3+]. The van der Waals surface area contributed by atoms with Gasteiger partial charge in [-0.25, -0.2) is 0 Å². The van der Waals surface area contributed by atoms with Crippen molar-refractivity contribution in [1.29, 1.82) is 0 Å². The summed E-state index contributed by atoms with van der Waals surface area (Å²) in [5, 5.41) is 0. The van der Waals surface area contributed by atoms with Gasteiger partial charge in [0.1, 0.15) is 0 Å². The zero-order chi connectivity index (χ0) is 4.50. The van der Waals surface area contributed by atoms with Crippen molar-refractivity contribution in [2.24, 2.45) is 0 Å². The Hall–Kier alpha value is 0.765. The summed E-state index contributed by atoms with van der Waals surface area (Å²) in [5.74, 6) is 0. The first kappa shape index (κ1) is 15.7. The van der Waals surface area contributed by atoms with Crippen LogP contribution in [0.2, 0.25) is 0 Å². The van der Waals surface area contributed by atoms with Crippen LogP contribution in [0, 0.1) is 0 Å². The van der Waals surface area contributed by atoms with E-state index in [-0.39, 0.29) is 33.1 Å². The molecule has 0 fully saturated rings. The first-order valence-corrected chi connectivity index (χ1v) is 2.00. The Morgan fingerprint density at radius 1 is 1.14 bits per heavy atom. The summed E-state index contributed by atoms with van der Waals surface area (Å²) >= 11 is 0. The van der Waals surface area contributed by atoms with E-state index in [0.717, 1.165) is 0 Å². The molecule has 0 spiro atoms. The van der Waals surface area contributed by atoms with Crippen LogP contribution in [0.5, 0.6) is 0 Å². The fourth-order valence-electron chi connectivity index (χ4n) is 0. The maximum atomic E-state index is 8.52. The standard InChI is InChI=1S/Hg.H2O4S.H2O/c;1-5(2,3)4;/h;(H2,1,2,3,4);1H2/q+2;;/p-1. The Labute approximate surface area is 61.1 Å². The van der Waals surface area contributed by atoms with E-state index in [1.54, 1.807) is 0 Å². The fourth-order valence-corrected chi connectivity index (χ4v) is 0. The quantitative estimate of drug-likeness (QED) is 0.217. The molecular weight excluding hydrogens is 313 g/mol. The Balaban J connectivity index is -0.0000000800. The monoisotopic (exact) mass is 317 g/mol. The minimum Gasteiger partial charge on any atom is -0.759 e. The molecule has 0 bridgehead atoms. The van der Waals surface area contributed by atoms with E-state index in [2.05, 4.69) is 0 Å². The molecule has 5 nitrogen and oxygen atoms in total. The first-order chi connectivity index (χ1) is 2.00. The van der Waals surface area contributed by atoms with Crippen molar-refractivity contribution in [3.05, 3.63) is 0 Å². The number of hydrogen-bond donors (Lipinski definition) is 0. The van der Waals surface area contributed by atoms with Gasteiger partial charge >= 0.3 is 27.7 Å². The molecule has 0 rings (SSSR count). The third kappa shape index (κ3) is 262. The van der Waals surface area contributed by atoms with E-state index in [9.17, 15) is 0 Å². The van der Waals surface area contributed by atoms with E-state index < -0.39 is 10.4 Å². The van der Waals surface area contributed by atoms with Gasteiger partial charge in [-0.05, 0) is 0 Å². The van der Waals surface area contributed by atoms with Gasteiger partial charge in [-0.1, -0.05) is 0 Å². The van der Waals surface area contributed by atoms with Gasteiger partial charge in [0.05, 0.1) is 0 Å². The van der Waals surface area contributed by atoms with Crippen molar-refractivity contribution in [2.75, 3.05) is 0 Å². The Bertz CT molecular complexity index is 91.2. The molecule has 0 heterocycles. The molecule has 0 radical (unpaired) electrons. The largest absolute Gasteiger partial charge is 2.00 e. The molecular formula is H3HgO5S+. The van der Waals surface area contributed by atoms with Crippen molar-refractivity contribution in [1.82, 2.24) is 0 Å². The minimum absolute atomic E-state index is 0. The summed E-state index contributed by atoms with van der Waals surface area (Å²) in [4.78, 5) is 0. The van der Waals surface area contributed by atoms with Crippen LogP contribution in [0.3, 0.4) is 0 Å². The molecule has 0 aliphatic heterocycles. The summed E-state index contributed by atoms with van der Waals surface area (Å²) in [6, 6.07) is 0. The Morgan fingerprint density at radius 3 is 1.14 bits per heavy atom. The van der Waals surface area contributed by atoms with Crippen LogP contribution in [0.15, 0.2) is 0 Å². The van der Waals surface area contributed by atoms with Gasteiger partial charge in [0.2, 0.25) is 0 Å². The third-order valence-corrected chi connectivity index (χ3v) is 0. The zero-order valence-corrected chi connectivity index (χ0v) is 9.64. The molecule has 7 heavy (non-hydrogen) atoms. The minimum atomic E-state index is -5.17. The van der Waals surface area contributed by atoms with E-state index in [0.29, 0.717) is 0 Å². The second kappa shape index (κ2) is 4.91. The molecule has 0 aliphatic carbocycles. The van der Waals surface area contributed by atoms with Crippen molar-refractivity contribution in [2.45, 2.75) is 0 Å². The molecule has 0 saturated carbocycles. The maximum Gasteiger partial charge on any atom is 2.00 e. The molecule has 0 unspecified atom stereocenters. The molecule has 0 aromatic carbocycles. The van der Waals surface area contributed by atoms with E-state index in [1.807, 2.05) is 0 Å². The average Bonchev–Trinajstić information content (AvgIpc) is 0.722. The van der Waals surface area contributed by atoms with Gasteiger partial charge in [0.15, 0.2) is 0 Å². The van der Waals surface area contributed by atoms with Crippen LogP contribution in [-0.2, 0) is 43.5 Å². The molecule has 0 aromatic rings. The Kier molecular flexibility index (Phi) is 11.0. The molecule has 7 heteroatoms. The second-order valence-electron chi connectivity index (χ2n) is 0.408. The van der Waals surface area contributed by atoms with Crippen LogP contribution >= 0.6 is 0 Å². The third-order valence-electron chi connectivity index (χ3n) is 0. The number of rotatable bonds is 0.